The van der Waals surface area contributed by atoms with Crippen LogP contribution in [-0.4, -0.2) is 11.2 Å². The zero-order chi connectivity index (χ0) is 23.6. The second-order valence-electron chi connectivity index (χ2n) is 12.3. The van der Waals surface area contributed by atoms with E-state index in [1.165, 1.54) is 50.5 Å². The molecular formula is C30H52O. The van der Waals surface area contributed by atoms with Gasteiger partial charge in [-0.1, -0.05) is 64.3 Å². The summed E-state index contributed by atoms with van der Waals surface area (Å²) in [5.41, 5.74) is 3.84. The van der Waals surface area contributed by atoms with E-state index in [0.717, 1.165) is 30.1 Å². The van der Waals surface area contributed by atoms with Gasteiger partial charge in [-0.25, -0.2) is 0 Å². The van der Waals surface area contributed by atoms with Crippen LogP contribution in [0.15, 0.2) is 36.5 Å². The van der Waals surface area contributed by atoms with Gasteiger partial charge in [0.25, 0.3) is 0 Å². The second kappa shape index (κ2) is 9.98. The standard InChI is InChI=1S/C23H38O.C4H8.C3H6/c1-6-15-7-8-18-19-10-9-16-17(11-12-20(24)21(16,2)3)23(19,5)14-13-22(15,18)4;1-4(2)3;1-3-2/h9,15,17-20,24H,6-8,10-14H2,1-5H3;1H2,2-3H3;3H,1H2,2H3/t15-,17?,18?,19?,20?,22+,23?;;/m0../s1. The maximum absolute atomic E-state index is 10.6. The Hall–Kier alpha value is -0.820. The summed E-state index contributed by atoms with van der Waals surface area (Å²) in [6, 6.07) is 0. The normalized spacial score (nSPS) is 42.2. The van der Waals surface area contributed by atoms with E-state index in [9.17, 15) is 5.11 Å². The minimum Gasteiger partial charge on any atom is -0.392 e. The second-order valence-corrected chi connectivity index (χ2v) is 12.3. The van der Waals surface area contributed by atoms with Crippen molar-refractivity contribution in [2.45, 2.75) is 113 Å². The molecular weight excluding hydrogens is 376 g/mol. The predicted octanol–water partition coefficient (Wildman–Crippen LogP) is 8.75. The van der Waals surface area contributed by atoms with Gasteiger partial charge in [0.1, 0.15) is 0 Å². The average molecular weight is 429 g/mol. The summed E-state index contributed by atoms with van der Waals surface area (Å²) in [4.78, 5) is 0. The fourth-order valence-corrected chi connectivity index (χ4v) is 7.94. The monoisotopic (exact) mass is 428 g/mol. The highest BCUT2D eigenvalue weighted by Gasteiger charge is 2.61. The van der Waals surface area contributed by atoms with Gasteiger partial charge in [-0.3, -0.25) is 0 Å². The van der Waals surface area contributed by atoms with Crippen molar-refractivity contribution in [3.63, 3.8) is 0 Å². The summed E-state index contributed by atoms with van der Waals surface area (Å²) in [7, 11) is 0. The minimum atomic E-state index is -0.148. The smallest absolute Gasteiger partial charge is 0.0628 e. The third kappa shape index (κ3) is 4.78. The van der Waals surface area contributed by atoms with Gasteiger partial charge < -0.3 is 5.11 Å². The summed E-state index contributed by atoms with van der Waals surface area (Å²) < 4.78 is 0. The van der Waals surface area contributed by atoms with Crippen molar-refractivity contribution in [2.24, 2.45) is 39.9 Å². The van der Waals surface area contributed by atoms with Crippen molar-refractivity contribution in [2.75, 3.05) is 0 Å². The molecule has 0 saturated heterocycles. The van der Waals surface area contributed by atoms with E-state index in [0.29, 0.717) is 10.8 Å². The lowest BCUT2D eigenvalue weighted by Gasteiger charge is -2.61. The molecule has 0 aromatic heterocycles. The molecule has 0 heterocycles. The van der Waals surface area contributed by atoms with Crippen LogP contribution >= 0.6 is 0 Å². The fourth-order valence-electron chi connectivity index (χ4n) is 7.94. The lowest BCUT2D eigenvalue weighted by atomic mass is 9.43. The number of hydrogen-bond acceptors (Lipinski definition) is 1. The SMILES string of the molecule is C=C(C)C.C=CC.CC[C@H]1CCC2C3CC=C4C(CCC(O)C4(C)C)C3(C)CC[C@@]21C. The maximum Gasteiger partial charge on any atom is 0.0628 e. The number of aliphatic hydroxyl groups excluding tert-OH is 1. The lowest BCUT2D eigenvalue weighted by molar-refractivity contribution is -0.0912. The number of rotatable bonds is 1. The molecule has 0 bridgehead atoms. The van der Waals surface area contributed by atoms with E-state index in [2.05, 4.69) is 53.9 Å². The molecule has 0 aromatic carbocycles. The third-order valence-electron chi connectivity index (χ3n) is 9.70. The zero-order valence-electron chi connectivity index (χ0n) is 22.1. The molecule has 5 unspecified atom stereocenters. The molecule has 3 fully saturated rings. The van der Waals surface area contributed by atoms with Gasteiger partial charge in [0, 0.05) is 5.41 Å². The molecule has 0 spiro atoms. The number of hydrogen-bond donors (Lipinski definition) is 1. The van der Waals surface area contributed by atoms with E-state index >= 15 is 0 Å². The molecule has 0 radical (unpaired) electrons. The van der Waals surface area contributed by atoms with E-state index in [4.69, 9.17) is 0 Å². The number of allylic oxidation sites excluding steroid dienone is 3. The van der Waals surface area contributed by atoms with Gasteiger partial charge in [0.05, 0.1) is 6.10 Å². The van der Waals surface area contributed by atoms with Crippen LogP contribution < -0.4 is 0 Å². The van der Waals surface area contributed by atoms with Crippen molar-refractivity contribution < 1.29 is 5.11 Å². The van der Waals surface area contributed by atoms with E-state index in [1.807, 2.05) is 20.8 Å². The summed E-state index contributed by atoms with van der Waals surface area (Å²) in [5, 5.41) is 10.6. The third-order valence-corrected chi connectivity index (χ3v) is 9.70. The van der Waals surface area contributed by atoms with Crippen LogP contribution in [0.3, 0.4) is 0 Å². The van der Waals surface area contributed by atoms with Crippen LogP contribution in [0.4, 0.5) is 0 Å². The summed E-state index contributed by atoms with van der Waals surface area (Å²) in [6.45, 7) is 25.0. The molecule has 0 amide bonds. The molecule has 1 nitrogen and oxygen atoms in total. The Balaban J connectivity index is 0.000000431. The topological polar surface area (TPSA) is 20.2 Å². The van der Waals surface area contributed by atoms with Crippen LogP contribution in [0.5, 0.6) is 0 Å². The lowest BCUT2D eigenvalue weighted by Crippen LogP contribution is -2.54. The largest absolute Gasteiger partial charge is 0.392 e. The van der Waals surface area contributed by atoms with Gasteiger partial charge in [0.15, 0.2) is 0 Å². The average Bonchev–Trinajstić information content (AvgIpc) is 3.01. The quantitative estimate of drug-likeness (QED) is 0.414. The first-order valence-electron chi connectivity index (χ1n) is 13.0. The van der Waals surface area contributed by atoms with E-state index in [-0.39, 0.29) is 11.5 Å². The molecule has 7 atom stereocenters. The molecule has 4 aliphatic carbocycles. The molecule has 4 rings (SSSR count). The van der Waals surface area contributed by atoms with Gasteiger partial charge in [0.2, 0.25) is 0 Å². The molecule has 4 aliphatic rings. The molecule has 31 heavy (non-hydrogen) atoms. The molecule has 3 saturated carbocycles. The van der Waals surface area contributed by atoms with E-state index < -0.39 is 0 Å². The Bertz CT molecular complexity index is 666. The molecule has 178 valence electrons. The Morgan fingerprint density at radius 2 is 1.58 bits per heavy atom. The van der Waals surface area contributed by atoms with Crippen LogP contribution in [0, 0.1) is 39.9 Å². The van der Waals surface area contributed by atoms with Crippen molar-refractivity contribution >= 4 is 0 Å². The van der Waals surface area contributed by atoms with Crippen LogP contribution in [-0.2, 0) is 0 Å². The molecule has 0 aromatic rings. The fraction of sp³-hybridized carbons (Fsp3) is 0.800. The predicted molar refractivity (Wildman–Crippen MR) is 137 cm³/mol. The van der Waals surface area contributed by atoms with Gasteiger partial charge in [-0.15, -0.1) is 13.2 Å². The maximum atomic E-state index is 10.6. The number of fused-ring (bicyclic) bond motifs is 5. The highest BCUT2D eigenvalue weighted by molar-refractivity contribution is 5.28. The van der Waals surface area contributed by atoms with Crippen molar-refractivity contribution in [1.29, 1.82) is 0 Å². The Morgan fingerprint density at radius 1 is 1.03 bits per heavy atom. The first-order valence-corrected chi connectivity index (χ1v) is 13.0. The van der Waals surface area contributed by atoms with Crippen LogP contribution in [0.25, 0.3) is 0 Å². The highest BCUT2D eigenvalue weighted by atomic mass is 16.3. The Kier molecular flexibility index (Phi) is 8.51. The van der Waals surface area contributed by atoms with E-state index in [1.54, 1.807) is 11.6 Å². The van der Waals surface area contributed by atoms with Crippen molar-refractivity contribution in [1.82, 2.24) is 0 Å². The Morgan fingerprint density at radius 3 is 2.13 bits per heavy atom. The summed E-state index contributed by atoms with van der Waals surface area (Å²) >= 11 is 0. The Labute approximate surface area is 194 Å². The molecule has 1 N–H and O–H groups in total. The van der Waals surface area contributed by atoms with Gasteiger partial charge >= 0.3 is 0 Å². The van der Waals surface area contributed by atoms with Crippen molar-refractivity contribution in [3.8, 4) is 0 Å². The van der Waals surface area contributed by atoms with Crippen molar-refractivity contribution in [3.05, 3.63) is 36.5 Å². The molecule has 0 aliphatic heterocycles. The van der Waals surface area contributed by atoms with Gasteiger partial charge in [-0.2, -0.15) is 0 Å². The minimum absolute atomic E-state index is 0.0146. The number of aliphatic hydroxyl groups is 1. The first kappa shape index (κ1) is 26.4. The summed E-state index contributed by atoms with van der Waals surface area (Å²) in [6.07, 6.45) is 14.8. The van der Waals surface area contributed by atoms with Gasteiger partial charge in [-0.05, 0) is 100 Å². The summed E-state index contributed by atoms with van der Waals surface area (Å²) in [5.74, 6) is 3.50. The van der Waals surface area contributed by atoms with Crippen LogP contribution in [0.1, 0.15) is 107 Å². The zero-order valence-corrected chi connectivity index (χ0v) is 22.1. The highest BCUT2D eigenvalue weighted by Crippen LogP contribution is 2.69. The van der Waals surface area contributed by atoms with Crippen LogP contribution in [0.2, 0.25) is 0 Å². The molecule has 1 heteroatoms. The first-order chi connectivity index (χ1) is 14.4.